The van der Waals surface area contributed by atoms with Crippen LogP contribution in [0.15, 0.2) is 6.20 Å². The number of hydrogen-bond donors (Lipinski definition) is 0. The van der Waals surface area contributed by atoms with Crippen molar-refractivity contribution in [3.05, 3.63) is 22.5 Å². The maximum absolute atomic E-state index is 5.82. The van der Waals surface area contributed by atoms with Crippen LogP contribution in [0.5, 0.6) is 5.75 Å². The zero-order chi connectivity index (χ0) is 9.14. The van der Waals surface area contributed by atoms with Gasteiger partial charge in [0, 0.05) is 0 Å². The lowest BCUT2D eigenvalue weighted by molar-refractivity contribution is 0.336. The lowest BCUT2D eigenvalue weighted by atomic mass is 10.2. The highest BCUT2D eigenvalue weighted by atomic mass is 35.5. The Hall–Kier alpha value is -0.760. The van der Waals surface area contributed by atoms with Gasteiger partial charge in [0.25, 0.3) is 0 Å². The highest BCUT2D eigenvalue weighted by Gasteiger charge is 2.05. The van der Waals surface area contributed by atoms with Gasteiger partial charge in [-0.25, -0.2) is 4.98 Å². The molecule has 2 nitrogen and oxygen atoms in total. The fourth-order valence-corrected chi connectivity index (χ4v) is 1.14. The molecule has 0 aromatic carbocycles. The Morgan fingerprint density at radius 1 is 1.42 bits per heavy atom. The van der Waals surface area contributed by atoms with Crippen molar-refractivity contribution in [1.82, 2.24) is 4.98 Å². The summed E-state index contributed by atoms with van der Waals surface area (Å²) in [4.78, 5) is 4.00. The highest BCUT2D eigenvalue weighted by molar-refractivity contribution is 6.30. The molecule has 0 aliphatic heterocycles. The van der Waals surface area contributed by atoms with Crippen molar-refractivity contribution in [2.24, 2.45) is 0 Å². The predicted octanol–water partition coefficient (Wildman–Crippen LogP) is 2.75. The molecule has 0 fully saturated rings. The van der Waals surface area contributed by atoms with Crippen molar-refractivity contribution in [1.29, 1.82) is 0 Å². The van der Waals surface area contributed by atoms with E-state index in [1.54, 1.807) is 6.20 Å². The first-order valence-electron chi connectivity index (χ1n) is 3.91. The van der Waals surface area contributed by atoms with Gasteiger partial charge in [0.2, 0.25) is 0 Å². The van der Waals surface area contributed by atoms with Crippen LogP contribution in [0.25, 0.3) is 0 Å². The smallest absolute Gasteiger partial charge is 0.140 e. The van der Waals surface area contributed by atoms with Crippen molar-refractivity contribution in [3.8, 4) is 5.75 Å². The van der Waals surface area contributed by atoms with Crippen LogP contribution in [0.3, 0.4) is 0 Å². The first-order chi connectivity index (χ1) is 5.66. The van der Waals surface area contributed by atoms with Crippen LogP contribution < -0.4 is 4.74 Å². The van der Waals surface area contributed by atoms with Crippen LogP contribution in [-0.4, -0.2) is 11.6 Å². The van der Waals surface area contributed by atoms with Gasteiger partial charge in [-0.2, -0.15) is 0 Å². The van der Waals surface area contributed by atoms with Crippen LogP contribution in [0.1, 0.15) is 18.1 Å². The molecule has 1 heterocycles. The highest BCUT2D eigenvalue weighted by Crippen LogP contribution is 2.24. The van der Waals surface area contributed by atoms with Crippen molar-refractivity contribution < 1.29 is 4.74 Å². The van der Waals surface area contributed by atoms with Crippen molar-refractivity contribution in [2.45, 2.75) is 20.8 Å². The van der Waals surface area contributed by atoms with Gasteiger partial charge >= 0.3 is 0 Å². The Balaban J connectivity index is 3.08. The van der Waals surface area contributed by atoms with Crippen molar-refractivity contribution >= 4 is 11.6 Å². The van der Waals surface area contributed by atoms with E-state index in [1.165, 1.54) is 0 Å². The van der Waals surface area contributed by atoms with Gasteiger partial charge in [0.15, 0.2) is 0 Å². The van der Waals surface area contributed by atoms with Gasteiger partial charge < -0.3 is 4.74 Å². The molecule has 1 rings (SSSR count). The number of ether oxygens (including phenoxy) is 1. The minimum absolute atomic E-state index is 0.552. The van der Waals surface area contributed by atoms with E-state index in [-0.39, 0.29) is 0 Å². The zero-order valence-electron chi connectivity index (χ0n) is 7.52. The SMILES string of the molecule is CCOc1cnc(Cl)c(C)c1C. The fraction of sp³-hybridized carbons (Fsp3) is 0.444. The van der Waals surface area contributed by atoms with E-state index in [0.717, 1.165) is 16.9 Å². The van der Waals surface area contributed by atoms with E-state index < -0.39 is 0 Å². The maximum atomic E-state index is 5.82. The second-order valence-corrected chi connectivity index (χ2v) is 2.95. The third kappa shape index (κ3) is 1.69. The van der Waals surface area contributed by atoms with Crippen LogP contribution >= 0.6 is 11.6 Å². The molecule has 0 bridgehead atoms. The molecule has 0 aliphatic rings. The molecule has 0 amide bonds. The van der Waals surface area contributed by atoms with E-state index in [2.05, 4.69) is 4.98 Å². The normalized spacial score (nSPS) is 10.0. The summed E-state index contributed by atoms with van der Waals surface area (Å²) in [5.74, 6) is 0.819. The number of halogens is 1. The summed E-state index contributed by atoms with van der Waals surface area (Å²) in [6.45, 7) is 6.52. The lowest BCUT2D eigenvalue weighted by Gasteiger charge is -2.08. The van der Waals surface area contributed by atoms with Crippen molar-refractivity contribution in [3.63, 3.8) is 0 Å². The van der Waals surface area contributed by atoms with E-state index in [4.69, 9.17) is 16.3 Å². The van der Waals surface area contributed by atoms with E-state index in [1.807, 2.05) is 20.8 Å². The minimum atomic E-state index is 0.552. The second kappa shape index (κ2) is 3.76. The monoisotopic (exact) mass is 185 g/mol. The fourth-order valence-electron chi connectivity index (χ4n) is 0.949. The van der Waals surface area contributed by atoms with Gasteiger partial charge in [-0.3, -0.25) is 0 Å². The summed E-state index contributed by atoms with van der Waals surface area (Å²) in [5, 5.41) is 0.552. The molecule has 1 aromatic rings. The van der Waals surface area contributed by atoms with Gasteiger partial charge in [0.05, 0.1) is 12.8 Å². The first-order valence-corrected chi connectivity index (χ1v) is 4.29. The molecule has 0 unspecified atom stereocenters. The average molecular weight is 186 g/mol. The van der Waals surface area contributed by atoms with Gasteiger partial charge in [0.1, 0.15) is 10.9 Å². The van der Waals surface area contributed by atoms with E-state index >= 15 is 0 Å². The molecule has 0 saturated carbocycles. The van der Waals surface area contributed by atoms with Crippen LogP contribution in [0.4, 0.5) is 0 Å². The number of hydrogen-bond acceptors (Lipinski definition) is 2. The topological polar surface area (TPSA) is 22.1 Å². The predicted molar refractivity (Wildman–Crippen MR) is 49.9 cm³/mol. The van der Waals surface area contributed by atoms with E-state index in [0.29, 0.717) is 11.8 Å². The maximum Gasteiger partial charge on any atom is 0.140 e. The number of pyridine rings is 1. The van der Waals surface area contributed by atoms with Gasteiger partial charge in [-0.05, 0) is 31.9 Å². The molecule has 1 aromatic heterocycles. The Morgan fingerprint density at radius 2 is 2.08 bits per heavy atom. The summed E-state index contributed by atoms with van der Waals surface area (Å²) < 4.78 is 5.35. The number of nitrogens with zero attached hydrogens (tertiary/aromatic N) is 1. The first kappa shape index (κ1) is 9.33. The summed E-state index contributed by atoms with van der Waals surface area (Å²) >= 11 is 5.82. The second-order valence-electron chi connectivity index (χ2n) is 2.60. The van der Waals surface area contributed by atoms with E-state index in [9.17, 15) is 0 Å². The molecule has 0 spiro atoms. The van der Waals surface area contributed by atoms with Crippen LogP contribution in [0, 0.1) is 13.8 Å². The molecule has 0 N–H and O–H groups in total. The molecule has 66 valence electrons. The average Bonchev–Trinajstić information content (AvgIpc) is 2.07. The van der Waals surface area contributed by atoms with Gasteiger partial charge in [-0.1, -0.05) is 11.6 Å². The number of aromatic nitrogens is 1. The Labute approximate surface area is 77.5 Å². The molecular weight excluding hydrogens is 174 g/mol. The molecule has 12 heavy (non-hydrogen) atoms. The summed E-state index contributed by atoms with van der Waals surface area (Å²) in [6.07, 6.45) is 1.66. The third-order valence-corrected chi connectivity index (χ3v) is 2.22. The lowest BCUT2D eigenvalue weighted by Crippen LogP contribution is -1.97. The third-order valence-electron chi connectivity index (χ3n) is 1.84. The van der Waals surface area contributed by atoms with Crippen LogP contribution in [0.2, 0.25) is 5.15 Å². The Bertz CT molecular complexity index is 286. The molecule has 0 aliphatic carbocycles. The number of rotatable bonds is 2. The minimum Gasteiger partial charge on any atom is -0.492 e. The van der Waals surface area contributed by atoms with Gasteiger partial charge in [-0.15, -0.1) is 0 Å². The standard InChI is InChI=1S/C9H12ClNO/c1-4-12-8-5-11-9(10)7(3)6(8)2/h5H,4H2,1-3H3. The molecule has 0 atom stereocenters. The molecule has 0 radical (unpaired) electrons. The molecular formula is C9H12ClNO. The summed E-state index contributed by atoms with van der Waals surface area (Å²) in [6, 6.07) is 0. The largest absolute Gasteiger partial charge is 0.492 e. The van der Waals surface area contributed by atoms with Crippen molar-refractivity contribution in [2.75, 3.05) is 6.61 Å². The van der Waals surface area contributed by atoms with Crippen LogP contribution in [-0.2, 0) is 0 Å². The summed E-state index contributed by atoms with van der Waals surface area (Å²) in [7, 11) is 0. The Morgan fingerprint density at radius 3 is 2.67 bits per heavy atom. The molecule has 3 heteroatoms. The quantitative estimate of drug-likeness (QED) is 0.661. The zero-order valence-corrected chi connectivity index (χ0v) is 8.27. The molecule has 0 saturated heterocycles. The Kier molecular flexibility index (Phi) is 2.93. The summed E-state index contributed by atoms with van der Waals surface area (Å²) in [5.41, 5.74) is 2.06.